The molecule has 0 bridgehead atoms. The molecule has 3 aliphatic heterocycles. The van der Waals surface area contributed by atoms with Crippen LogP contribution in [0.4, 0.5) is 0 Å². The van der Waals surface area contributed by atoms with Gasteiger partial charge >= 0.3 is 0 Å². The second-order valence-corrected chi connectivity index (χ2v) is 9.42. The van der Waals surface area contributed by atoms with Gasteiger partial charge < -0.3 is 14.7 Å². The summed E-state index contributed by atoms with van der Waals surface area (Å²) in [5.74, 6) is 0.179. The maximum absolute atomic E-state index is 13.1. The van der Waals surface area contributed by atoms with E-state index in [2.05, 4.69) is 47.2 Å². The topological polar surface area (TPSA) is 47.1 Å². The Morgan fingerprint density at radius 2 is 1.70 bits per heavy atom. The lowest BCUT2D eigenvalue weighted by Gasteiger charge is -2.37. The Morgan fingerprint density at radius 1 is 1.03 bits per heavy atom. The first kappa shape index (κ1) is 21.3. The molecule has 3 aliphatic rings. The molecule has 0 aliphatic carbocycles. The molecule has 6 nitrogen and oxygen atoms in total. The van der Waals surface area contributed by atoms with E-state index in [0.717, 1.165) is 58.4 Å². The molecule has 0 aromatic heterocycles. The number of carbonyl (C=O) groups excluding carboxylic acids is 2. The van der Waals surface area contributed by atoms with Crippen molar-refractivity contribution in [3.05, 3.63) is 35.9 Å². The van der Waals surface area contributed by atoms with Crippen LogP contribution >= 0.6 is 0 Å². The van der Waals surface area contributed by atoms with Gasteiger partial charge in [-0.1, -0.05) is 30.3 Å². The third-order valence-corrected chi connectivity index (χ3v) is 7.34. The highest BCUT2D eigenvalue weighted by Crippen LogP contribution is 2.28. The molecule has 30 heavy (non-hydrogen) atoms. The van der Waals surface area contributed by atoms with Crippen LogP contribution in [0.15, 0.2) is 30.3 Å². The number of hydrogen-bond donors (Lipinski definition) is 0. The van der Waals surface area contributed by atoms with Crippen molar-refractivity contribution in [1.29, 1.82) is 0 Å². The van der Waals surface area contributed by atoms with Crippen molar-refractivity contribution in [3.63, 3.8) is 0 Å². The molecular formula is C24H36N4O2. The van der Waals surface area contributed by atoms with Crippen LogP contribution in [-0.2, 0) is 16.1 Å². The molecule has 1 unspecified atom stereocenters. The maximum atomic E-state index is 13.1. The summed E-state index contributed by atoms with van der Waals surface area (Å²) in [6.07, 6.45) is 4.46. The Balaban J connectivity index is 1.27. The highest BCUT2D eigenvalue weighted by atomic mass is 16.2. The van der Waals surface area contributed by atoms with E-state index in [4.69, 9.17) is 0 Å². The van der Waals surface area contributed by atoms with E-state index >= 15 is 0 Å². The van der Waals surface area contributed by atoms with Gasteiger partial charge in [0.15, 0.2) is 0 Å². The smallest absolute Gasteiger partial charge is 0.227 e. The van der Waals surface area contributed by atoms with Gasteiger partial charge in [0.25, 0.3) is 0 Å². The van der Waals surface area contributed by atoms with E-state index in [1.165, 1.54) is 5.56 Å². The van der Waals surface area contributed by atoms with Gasteiger partial charge in [-0.3, -0.25) is 14.5 Å². The van der Waals surface area contributed by atoms with Gasteiger partial charge in [-0.25, -0.2) is 0 Å². The van der Waals surface area contributed by atoms with Crippen molar-refractivity contribution in [2.45, 2.75) is 50.7 Å². The Morgan fingerprint density at radius 3 is 2.37 bits per heavy atom. The summed E-state index contributed by atoms with van der Waals surface area (Å²) >= 11 is 0. The fraction of sp³-hybridized carbons (Fsp3) is 0.667. The largest absolute Gasteiger partial charge is 0.342 e. The van der Waals surface area contributed by atoms with Gasteiger partial charge in [0.05, 0.1) is 5.92 Å². The van der Waals surface area contributed by atoms with Crippen LogP contribution in [0.5, 0.6) is 0 Å². The van der Waals surface area contributed by atoms with Crippen LogP contribution in [0, 0.1) is 5.92 Å². The number of benzene rings is 1. The molecule has 6 heteroatoms. The van der Waals surface area contributed by atoms with Crippen LogP contribution in [-0.4, -0.2) is 90.3 Å². The van der Waals surface area contributed by atoms with Gasteiger partial charge in [-0.05, 0) is 51.4 Å². The fourth-order valence-electron chi connectivity index (χ4n) is 5.33. The predicted molar refractivity (Wildman–Crippen MR) is 118 cm³/mol. The highest BCUT2D eigenvalue weighted by molar-refractivity contribution is 5.89. The van der Waals surface area contributed by atoms with Gasteiger partial charge in [0.2, 0.25) is 11.8 Å². The molecule has 0 radical (unpaired) electrons. The van der Waals surface area contributed by atoms with Crippen LogP contribution < -0.4 is 0 Å². The first-order valence-corrected chi connectivity index (χ1v) is 11.5. The zero-order chi connectivity index (χ0) is 21.1. The zero-order valence-corrected chi connectivity index (χ0v) is 18.5. The van der Waals surface area contributed by atoms with Gasteiger partial charge in [-0.15, -0.1) is 0 Å². The number of amides is 2. The van der Waals surface area contributed by atoms with Crippen molar-refractivity contribution in [2.75, 3.05) is 46.8 Å². The van der Waals surface area contributed by atoms with Crippen LogP contribution in [0.3, 0.4) is 0 Å². The minimum absolute atomic E-state index is 0.162. The molecule has 3 fully saturated rings. The summed E-state index contributed by atoms with van der Waals surface area (Å²) in [6.45, 7) is 5.69. The van der Waals surface area contributed by atoms with Gasteiger partial charge in [0, 0.05) is 51.7 Å². The van der Waals surface area contributed by atoms with E-state index in [9.17, 15) is 9.59 Å². The first-order chi connectivity index (χ1) is 14.5. The van der Waals surface area contributed by atoms with Crippen molar-refractivity contribution in [1.82, 2.24) is 19.6 Å². The average Bonchev–Trinajstić information content (AvgIpc) is 3.16. The molecule has 0 saturated carbocycles. The minimum Gasteiger partial charge on any atom is -0.342 e. The number of likely N-dealkylation sites (tertiary alicyclic amines) is 3. The molecule has 1 aromatic carbocycles. The Labute approximate surface area is 180 Å². The average molecular weight is 413 g/mol. The predicted octanol–water partition coefficient (Wildman–Crippen LogP) is 2.05. The van der Waals surface area contributed by atoms with Crippen molar-refractivity contribution < 1.29 is 9.59 Å². The lowest BCUT2D eigenvalue weighted by atomic mass is 10.0. The Kier molecular flexibility index (Phi) is 6.74. The minimum atomic E-state index is -0.162. The van der Waals surface area contributed by atoms with Crippen LogP contribution in [0.25, 0.3) is 0 Å². The number of rotatable bonds is 5. The summed E-state index contributed by atoms with van der Waals surface area (Å²) in [6, 6.07) is 11.2. The molecule has 164 valence electrons. The summed E-state index contributed by atoms with van der Waals surface area (Å²) in [7, 11) is 4.07. The maximum Gasteiger partial charge on any atom is 0.227 e. The second-order valence-electron chi connectivity index (χ2n) is 9.42. The third kappa shape index (κ3) is 4.86. The van der Waals surface area contributed by atoms with Crippen LogP contribution in [0.1, 0.15) is 37.7 Å². The molecular weight excluding hydrogens is 376 g/mol. The van der Waals surface area contributed by atoms with Crippen molar-refractivity contribution in [2.24, 2.45) is 5.92 Å². The fourth-order valence-corrected chi connectivity index (χ4v) is 5.33. The molecule has 0 spiro atoms. The highest BCUT2D eigenvalue weighted by Gasteiger charge is 2.40. The van der Waals surface area contributed by atoms with Gasteiger partial charge in [0.1, 0.15) is 0 Å². The molecule has 1 atom stereocenters. The van der Waals surface area contributed by atoms with Crippen LogP contribution in [0.2, 0.25) is 0 Å². The monoisotopic (exact) mass is 412 g/mol. The first-order valence-electron chi connectivity index (χ1n) is 11.5. The van der Waals surface area contributed by atoms with Crippen molar-refractivity contribution in [3.8, 4) is 0 Å². The standard InChI is InChI=1S/C24H36N4O2/c1-25-12-8-21(9-13-25)26(2)24(30)20-16-23(29)28(18-20)22-10-14-27(15-11-22)17-19-6-4-3-5-7-19/h3-7,20-22H,8-18H2,1-2H3. The van der Waals surface area contributed by atoms with Gasteiger partial charge in [-0.2, -0.15) is 0 Å². The molecule has 0 N–H and O–H groups in total. The zero-order valence-electron chi connectivity index (χ0n) is 18.5. The lowest BCUT2D eigenvalue weighted by Crippen LogP contribution is -2.48. The number of nitrogens with zero attached hydrogens (tertiary/aromatic N) is 4. The number of piperidine rings is 2. The molecule has 2 amide bonds. The quantitative estimate of drug-likeness (QED) is 0.743. The molecule has 4 rings (SSSR count). The third-order valence-electron chi connectivity index (χ3n) is 7.34. The van der Waals surface area contributed by atoms with E-state index in [1.54, 1.807) is 0 Å². The SMILES string of the molecule is CN1CCC(N(C)C(=O)C2CC(=O)N(C3CCN(Cc4ccccc4)CC3)C2)CC1. The second kappa shape index (κ2) is 9.48. The number of carbonyl (C=O) groups is 2. The van der Waals surface area contributed by atoms with E-state index in [0.29, 0.717) is 19.0 Å². The van der Waals surface area contributed by atoms with E-state index < -0.39 is 0 Å². The molecule has 3 saturated heterocycles. The van der Waals surface area contributed by atoms with E-state index in [1.807, 2.05) is 16.8 Å². The Hall–Kier alpha value is -1.92. The summed E-state index contributed by atoms with van der Waals surface area (Å²) in [5.41, 5.74) is 1.34. The van der Waals surface area contributed by atoms with Crippen molar-refractivity contribution >= 4 is 11.8 Å². The molecule has 3 heterocycles. The normalized spacial score (nSPS) is 25.1. The van der Waals surface area contributed by atoms with E-state index in [-0.39, 0.29) is 23.8 Å². The summed E-state index contributed by atoms with van der Waals surface area (Å²) in [5, 5.41) is 0. The number of hydrogen-bond acceptors (Lipinski definition) is 4. The summed E-state index contributed by atoms with van der Waals surface area (Å²) in [4.78, 5) is 34.6. The summed E-state index contributed by atoms with van der Waals surface area (Å²) < 4.78 is 0. The lowest BCUT2D eigenvalue weighted by molar-refractivity contribution is -0.137. The Bertz CT molecular complexity index is 724. The molecule has 1 aromatic rings.